The molecule has 5 nitrogen and oxygen atoms in total. The highest BCUT2D eigenvalue weighted by molar-refractivity contribution is 7.88. The van der Waals surface area contributed by atoms with Crippen molar-refractivity contribution >= 4 is 21.7 Å². The van der Waals surface area contributed by atoms with Crippen LogP contribution < -0.4 is 0 Å². The first-order valence-corrected chi connectivity index (χ1v) is 8.61. The largest absolute Gasteiger partial charge is 0.386 e. The smallest absolute Gasteiger partial charge is 0.327 e. The van der Waals surface area contributed by atoms with Gasteiger partial charge in [-0.25, -0.2) is 0 Å². The molecule has 0 N–H and O–H groups in total. The van der Waals surface area contributed by atoms with Crippen LogP contribution in [0.25, 0.3) is 0 Å². The second kappa shape index (κ2) is 5.24. The molecule has 2 unspecified atom stereocenters. The molecule has 0 spiro atoms. The predicted molar refractivity (Wildman–Crippen MR) is 71.3 cm³/mol. The standard InChI is InChI=1S/C12H18ClNO4S/c13-12-11(14-5-7-17-8-6-14)9-3-1-2-4-10(9)18-19(12,15)16/h11-12H,1-8H2. The zero-order chi connectivity index (χ0) is 13.5. The topological polar surface area (TPSA) is 55.8 Å². The summed E-state index contributed by atoms with van der Waals surface area (Å²) >= 11 is 6.20. The lowest BCUT2D eigenvalue weighted by Crippen LogP contribution is -2.53. The molecular formula is C12H18ClNO4S. The van der Waals surface area contributed by atoms with Gasteiger partial charge < -0.3 is 8.92 Å². The number of alkyl halides is 1. The summed E-state index contributed by atoms with van der Waals surface area (Å²) in [5.74, 6) is 0.639. The van der Waals surface area contributed by atoms with Gasteiger partial charge in [0.15, 0.2) is 4.71 Å². The van der Waals surface area contributed by atoms with Crippen LogP contribution in [-0.2, 0) is 19.0 Å². The van der Waals surface area contributed by atoms with Gasteiger partial charge in [0.1, 0.15) is 5.76 Å². The number of ether oxygens (including phenoxy) is 1. The van der Waals surface area contributed by atoms with Crippen LogP contribution in [0, 0.1) is 0 Å². The quantitative estimate of drug-likeness (QED) is 0.542. The Bertz CT molecular complexity index is 484. The summed E-state index contributed by atoms with van der Waals surface area (Å²) < 4.78 is 33.6. The van der Waals surface area contributed by atoms with Gasteiger partial charge in [-0.3, -0.25) is 4.90 Å². The number of hydrogen-bond donors (Lipinski definition) is 0. The third-order valence-electron chi connectivity index (χ3n) is 3.99. The van der Waals surface area contributed by atoms with Gasteiger partial charge in [-0.1, -0.05) is 11.6 Å². The molecule has 1 fully saturated rings. The minimum Gasteiger partial charge on any atom is -0.386 e. The molecule has 0 aromatic rings. The lowest BCUT2D eigenvalue weighted by molar-refractivity contribution is 0.0226. The van der Waals surface area contributed by atoms with Crippen molar-refractivity contribution in [2.45, 2.75) is 36.4 Å². The summed E-state index contributed by atoms with van der Waals surface area (Å²) in [6.45, 7) is 2.70. The maximum atomic E-state index is 12.0. The lowest BCUT2D eigenvalue weighted by Gasteiger charge is -2.42. The highest BCUT2D eigenvalue weighted by Gasteiger charge is 2.45. The summed E-state index contributed by atoms with van der Waals surface area (Å²) in [6.07, 6.45) is 3.65. The molecular weight excluding hydrogens is 290 g/mol. The number of halogens is 1. The van der Waals surface area contributed by atoms with Crippen LogP contribution in [0.2, 0.25) is 0 Å². The van der Waals surface area contributed by atoms with Crippen molar-refractivity contribution in [3.05, 3.63) is 11.3 Å². The van der Waals surface area contributed by atoms with E-state index in [4.69, 9.17) is 20.5 Å². The lowest BCUT2D eigenvalue weighted by atomic mass is 9.92. The Kier molecular flexibility index (Phi) is 3.77. The molecule has 2 aliphatic heterocycles. The maximum Gasteiger partial charge on any atom is 0.327 e. The Hall–Kier alpha value is -0.300. The van der Waals surface area contributed by atoms with Crippen molar-refractivity contribution in [3.63, 3.8) is 0 Å². The third-order valence-corrected chi connectivity index (χ3v) is 6.13. The Labute approximate surface area is 118 Å². The minimum atomic E-state index is -3.71. The molecule has 0 aromatic carbocycles. The fourth-order valence-electron chi connectivity index (χ4n) is 3.05. The summed E-state index contributed by atoms with van der Waals surface area (Å²) in [7, 11) is -3.71. The Balaban J connectivity index is 1.97. The zero-order valence-electron chi connectivity index (χ0n) is 10.7. The number of hydrogen-bond acceptors (Lipinski definition) is 5. The van der Waals surface area contributed by atoms with Crippen LogP contribution in [0.5, 0.6) is 0 Å². The van der Waals surface area contributed by atoms with Gasteiger partial charge in [0.25, 0.3) is 0 Å². The second-order valence-corrected chi connectivity index (χ2v) is 7.57. The first-order valence-electron chi connectivity index (χ1n) is 6.71. The van der Waals surface area contributed by atoms with Crippen LogP contribution in [0.3, 0.4) is 0 Å². The van der Waals surface area contributed by atoms with Crippen LogP contribution in [0.15, 0.2) is 11.3 Å². The van der Waals surface area contributed by atoms with Gasteiger partial charge in [-0.05, 0) is 24.8 Å². The van der Waals surface area contributed by atoms with E-state index in [0.29, 0.717) is 25.4 Å². The molecule has 3 aliphatic rings. The Morgan fingerprint density at radius 1 is 1.16 bits per heavy atom. The van der Waals surface area contributed by atoms with Gasteiger partial charge in [0, 0.05) is 19.5 Å². The fraction of sp³-hybridized carbons (Fsp3) is 0.833. The molecule has 0 saturated carbocycles. The Morgan fingerprint density at radius 3 is 2.58 bits per heavy atom. The van der Waals surface area contributed by atoms with Gasteiger partial charge in [0.2, 0.25) is 0 Å². The van der Waals surface area contributed by atoms with Crippen molar-refractivity contribution in [1.29, 1.82) is 0 Å². The van der Waals surface area contributed by atoms with E-state index in [1.165, 1.54) is 0 Å². The number of morpholine rings is 1. The molecule has 0 bridgehead atoms. The maximum absolute atomic E-state index is 12.0. The normalized spacial score (nSPS) is 35.6. The highest BCUT2D eigenvalue weighted by atomic mass is 35.5. The van der Waals surface area contributed by atoms with Gasteiger partial charge in [0.05, 0.1) is 19.3 Å². The van der Waals surface area contributed by atoms with Crippen molar-refractivity contribution < 1.29 is 17.3 Å². The van der Waals surface area contributed by atoms with Crippen LogP contribution in [0.4, 0.5) is 0 Å². The second-order valence-electron chi connectivity index (χ2n) is 5.18. The van der Waals surface area contributed by atoms with E-state index in [-0.39, 0.29) is 6.04 Å². The monoisotopic (exact) mass is 307 g/mol. The average Bonchev–Trinajstić information content (AvgIpc) is 2.41. The molecule has 2 atom stereocenters. The van der Waals surface area contributed by atoms with Gasteiger partial charge >= 0.3 is 10.1 Å². The third kappa shape index (κ3) is 2.51. The van der Waals surface area contributed by atoms with Crippen LogP contribution >= 0.6 is 11.6 Å². The SMILES string of the molecule is O=S1(=O)OC2=C(CCCC2)C(N2CCOCC2)C1Cl. The molecule has 0 aromatic heterocycles. The van der Waals surface area contributed by atoms with Gasteiger partial charge in [-0.2, -0.15) is 8.42 Å². The molecule has 7 heteroatoms. The first kappa shape index (κ1) is 13.7. The first-order chi connectivity index (χ1) is 9.09. The number of nitrogens with zero attached hydrogens (tertiary/aromatic N) is 1. The predicted octanol–water partition coefficient (Wildman–Crippen LogP) is 1.44. The van der Waals surface area contributed by atoms with Gasteiger partial charge in [-0.15, -0.1) is 0 Å². The van der Waals surface area contributed by atoms with Crippen molar-refractivity contribution in [2.75, 3.05) is 26.3 Å². The Morgan fingerprint density at radius 2 is 1.84 bits per heavy atom. The van der Waals surface area contributed by atoms with E-state index in [1.807, 2.05) is 0 Å². The molecule has 1 saturated heterocycles. The van der Waals surface area contributed by atoms with Crippen molar-refractivity contribution in [2.24, 2.45) is 0 Å². The molecule has 108 valence electrons. The molecule has 19 heavy (non-hydrogen) atoms. The fourth-order valence-corrected chi connectivity index (χ4v) is 4.69. The summed E-state index contributed by atoms with van der Waals surface area (Å²) in [5.41, 5.74) is 1.09. The van der Waals surface area contributed by atoms with E-state index in [9.17, 15) is 8.42 Å². The highest BCUT2D eigenvalue weighted by Crippen LogP contribution is 2.40. The number of rotatable bonds is 1. The molecule has 2 heterocycles. The molecule has 3 rings (SSSR count). The molecule has 0 radical (unpaired) electrons. The zero-order valence-corrected chi connectivity index (χ0v) is 12.3. The van der Waals surface area contributed by atoms with Crippen LogP contribution in [0.1, 0.15) is 25.7 Å². The van der Waals surface area contributed by atoms with E-state index in [0.717, 1.165) is 37.9 Å². The molecule has 1 aliphatic carbocycles. The van der Waals surface area contributed by atoms with E-state index < -0.39 is 14.8 Å². The minimum absolute atomic E-state index is 0.250. The van der Waals surface area contributed by atoms with Crippen molar-refractivity contribution in [1.82, 2.24) is 4.90 Å². The summed E-state index contributed by atoms with van der Waals surface area (Å²) in [6, 6.07) is -0.250. The van der Waals surface area contributed by atoms with E-state index in [2.05, 4.69) is 4.90 Å². The van der Waals surface area contributed by atoms with E-state index >= 15 is 0 Å². The molecule has 0 amide bonds. The van der Waals surface area contributed by atoms with Crippen molar-refractivity contribution in [3.8, 4) is 0 Å². The number of allylic oxidation sites excluding steroid dienone is 1. The van der Waals surface area contributed by atoms with E-state index in [1.54, 1.807) is 0 Å². The average molecular weight is 308 g/mol. The van der Waals surface area contributed by atoms with Crippen LogP contribution in [-0.4, -0.2) is 50.4 Å². The summed E-state index contributed by atoms with van der Waals surface area (Å²) in [5, 5.41) is 0. The summed E-state index contributed by atoms with van der Waals surface area (Å²) in [4.78, 5) is 2.13.